The van der Waals surface area contributed by atoms with E-state index in [2.05, 4.69) is 15.0 Å². The van der Waals surface area contributed by atoms with E-state index in [0.717, 1.165) is 5.56 Å². The van der Waals surface area contributed by atoms with Gasteiger partial charge < -0.3 is 10.2 Å². The third-order valence-corrected chi connectivity index (χ3v) is 5.23. The van der Waals surface area contributed by atoms with Gasteiger partial charge in [0.05, 0.1) is 15.8 Å². The minimum absolute atomic E-state index is 0.0684. The molecule has 9 heteroatoms. The van der Waals surface area contributed by atoms with Crippen LogP contribution < -0.4 is 10.0 Å². The van der Waals surface area contributed by atoms with Crippen LogP contribution in [0.5, 0.6) is 0 Å². The summed E-state index contributed by atoms with van der Waals surface area (Å²) in [5.41, 5.74) is 0.997. The van der Waals surface area contributed by atoms with E-state index in [1.165, 1.54) is 0 Å². The second-order valence-corrected chi connectivity index (χ2v) is 7.79. The molecule has 0 aromatic heterocycles. The fraction of sp³-hybridized carbons (Fsp3) is 0.500. The third-order valence-electron chi connectivity index (χ3n) is 3.09. The predicted molar refractivity (Wildman–Crippen MR) is 96.8 cm³/mol. The minimum Gasteiger partial charge on any atom is -0.355 e. The minimum atomic E-state index is -3.17. The first kappa shape index (κ1) is 20.0. The molecule has 0 aliphatic carbocycles. The molecule has 0 bridgehead atoms. The molecule has 1 aromatic carbocycles. The highest BCUT2D eigenvalue weighted by Crippen LogP contribution is 2.23. The molecule has 0 amide bonds. The van der Waals surface area contributed by atoms with Gasteiger partial charge in [-0.3, -0.25) is 4.99 Å². The molecule has 0 saturated carbocycles. The molecule has 130 valence electrons. The zero-order valence-electron chi connectivity index (χ0n) is 13.4. The van der Waals surface area contributed by atoms with Gasteiger partial charge >= 0.3 is 0 Å². The summed E-state index contributed by atoms with van der Waals surface area (Å²) >= 11 is 11.9. The van der Waals surface area contributed by atoms with E-state index >= 15 is 0 Å². The number of benzene rings is 1. The number of guanidine groups is 1. The normalized spacial score (nSPS) is 12.3. The number of hydrogen-bond acceptors (Lipinski definition) is 3. The van der Waals surface area contributed by atoms with E-state index in [0.29, 0.717) is 35.6 Å². The van der Waals surface area contributed by atoms with Crippen molar-refractivity contribution < 1.29 is 8.42 Å². The van der Waals surface area contributed by atoms with Crippen LogP contribution in [0, 0.1) is 0 Å². The maximum absolute atomic E-state index is 11.3. The monoisotopic (exact) mass is 380 g/mol. The van der Waals surface area contributed by atoms with Crippen molar-refractivity contribution >= 4 is 39.2 Å². The lowest BCUT2D eigenvalue weighted by molar-refractivity contribution is 0.477. The van der Waals surface area contributed by atoms with Crippen LogP contribution >= 0.6 is 23.2 Å². The Kier molecular flexibility index (Phi) is 8.11. The van der Waals surface area contributed by atoms with Gasteiger partial charge in [-0.2, -0.15) is 0 Å². The highest BCUT2D eigenvalue weighted by atomic mass is 35.5. The molecule has 6 nitrogen and oxygen atoms in total. The lowest BCUT2D eigenvalue weighted by Gasteiger charge is -2.22. The highest BCUT2D eigenvalue weighted by Gasteiger charge is 2.09. The average Bonchev–Trinajstić information content (AvgIpc) is 2.51. The predicted octanol–water partition coefficient (Wildman–Crippen LogP) is 1.94. The van der Waals surface area contributed by atoms with Crippen LogP contribution in [0.4, 0.5) is 0 Å². The van der Waals surface area contributed by atoms with Crippen LogP contribution in [0.25, 0.3) is 0 Å². The van der Waals surface area contributed by atoms with Gasteiger partial charge in [0.25, 0.3) is 0 Å². The molecular formula is C14H22Cl2N4O2S. The van der Waals surface area contributed by atoms with Gasteiger partial charge in [-0.25, -0.2) is 13.1 Å². The van der Waals surface area contributed by atoms with Crippen LogP contribution in [0.1, 0.15) is 12.5 Å². The topological polar surface area (TPSA) is 73.8 Å². The molecule has 0 aliphatic rings. The molecular weight excluding hydrogens is 359 g/mol. The van der Waals surface area contributed by atoms with Crippen molar-refractivity contribution in [2.45, 2.75) is 13.5 Å². The number of aliphatic imine (C=N–C) groups is 1. The van der Waals surface area contributed by atoms with E-state index in [1.807, 2.05) is 24.1 Å². The average molecular weight is 381 g/mol. The quantitative estimate of drug-likeness (QED) is 0.430. The maximum Gasteiger partial charge on any atom is 0.211 e. The number of sulfonamides is 1. The Bertz CT molecular complexity index is 650. The van der Waals surface area contributed by atoms with Gasteiger partial charge in [0, 0.05) is 33.7 Å². The molecule has 0 unspecified atom stereocenters. The number of nitrogens with one attached hydrogen (secondary N) is 2. The summed E-state index contributed by atoms with van der Waals surface area (Å²) in [6.07, 6.45) is 0. The van der Waals surface area contributed by atoms with Crippen LogP contribution in [0.15, 0.2) is 23.2 Å². The van der Waals surface area contributed by atoms with Crippen molar-refractivity contribution in [3.63, 3.8) is 0 Å². The number of halogens is 2. The molecule has 0 heterocycles. The van der Waals surface area contributed by atoms with Crippen LogP contribution in [-0.2, 0) is 16.6 Å². The zero-order chi connectivity index (χ0) is 17.5. The smallest absolute Gasteiger partial charge is 0.211 e. The third kappa shape index (κ3) is 6.95. The van der Waals surface area contributed by atoms with Gasteiger partial charge in [0.15, 0.2) is 5.96 Å². The lowest BCUT2D eigenvalue weighted by Crippen LogP contribution is -2.42. The zero-order valence-corrected chi connectivity index (χ0v) is 15.8. The second-order valence-electron chi connectivity index (χ2n) is 4.88. The summed E-state index contributed by atoms with van der Waals surface area (Å²) in [6, 6.07) is 5.46. The largest absolute Gasteiger partial charge is 0.355 e. The number of nitrogens with zero attached hydrogens (tertiary/aromatic N) is 2. The van der Waals surface area contributed by atoms with Crippen LogP contribution in [-0.4, -0.2) is 52.2 Å². The van der Waals surface area contributed by atoms with Crippen molar-refractivity contribution in [3.8, 4) is 0 Å². The van der Waals surface area contributed by atoms with Crippen molar-refractivity contribution in [1.29, 1.82) is 0 Å². The van der Waals surface area contributed by atoms with Crippen molar-refractivity contribution in [3.05, 3.63) is 33.8 Å². The summed E-state index contributed by atoms with van der Waals surface area (Å²) in [6.45, 7) is 2.93. The molecule has 0 atom stereocenters. The Morgan fingerprint density at radius 2 is 1.96 bits per heavy atom. The molecule has 0 aliphatic heterocycles. The molecule has 23 heavy (non-hydrogen) atoms. The Balaban J connectivity index is 2.52. The van der Waals surface area contributed by atoms with E-state index in [9.17, 15) is 8.42 Å². The molecule has 2 N–H and O–H groups in total. The van der Waals surface area contributed by atoms with Crippen LogP contribution in [0.2, 0.25) is 10.0 Å². The van der Waals surface area contributed by atoms with E-state index in [4.69, 9.17) is 23.2 Å². The van der Waals surface area contributed by atoms with Crippen molar-refractivity contribution in [2.24, 2.45) is 4.99 Å². The first-order chi connectivity index (χ1) is 10.8. The summed E-state index contributed by atoms with van der Waals surface area (Å²) in [5, 5.41) is 4.13. The van der Waals surface area contributed by atoms with Crippen LogP contribution in [0.3, 0.4) is 0 Å². The Morgan fingerprint density at radius 3 is 2.52 bits per heavy atom. The Hall–Kier alpha value is -1.02. The number of hydrogen-bond donors (Lipinski definition) is 2. The molecule has 0 fully saturated rings. The molecule has 0 radical (unpaired) electrons. The SMILES string of the molecule is CCS(=O)(=O)NCCNC(=NC)N(C)Cc1ccc(Cl)c(Cl)c1. The molecule has 1 aromatic rings. The lowest BCUT2D eigenvalue weighted by atomic mass is 10.2. The molecule has 1 rings (SSSR count). The summed E-state index contributed by atoms with van der Waals surface area (Å²) in [5.74, 6) is 0.727. The fourth-order valence-corrected chi connectivity index (χ4v) is 2.79. The summed E-state index contributed by atoms with van der Waals surface area (Å²) in [4.78, 5) is 6.08. The van der Waals surface area contributed by atoms with Gasteiger partial charge in [-0.1, -0.05) is 29.3 Å². The van der Waals surface area contributed by atoms with E-state index in [-0.39, 0.29) is 5.75 Å². The standard InChI is InChI=1S/C14H22Cl2N4O2S/c1-4-23(21,22)19-8-7-18-14(17-2)20(3)10-11-5-6-12(15)13(16)9-11/h5-6,9,19H,4,7-8,10H2,1-3H3,(H,17,18). The maximum atomic E-state index is 11.3. The highest BCUT2D eigenvalue weighted by molar-refractivity contribution is 7.89. The Morgan fingerprint density at radius 1 is 1.26 bits per heavy atom. The first-order valence-corrected chi connectivity index (χ1v) is 9.53. The Labute approximate surface area is 147 Å². The van der Waals surface area contributed by atoms with E-state index < -0.39 is 10.0 Å². The number of rotatable bonds is 7. The molecule has 0 saturated heterocycles. The first-order valence-electron chi connectivity index (χ1n) is 7.12. The second kappa shape index (κ2) is 9.32. The van der Waals surface area contributed by atoms with Gasteiger partial charge in [0.1, 0.15) is 0 Å². The van der Waals surface area contributed by atoms with Crippen molar-refractivity contribution in [1.82, 2.24) is 14.9 Å². The van der Waals surface area contributed by atoms with Gasteiger partial charge in [-0.15, -0.1) is 0 Å². The molecule has 0 spiro atoms. The summed E-state index contributed by atoms with van der Waals surface area (Å²) in [7, 11) is 0.381. The fourth-order valence-electron chi connectivity index (χ4n) is 1.85. The van der Waals surface area contributed by atoms with Gasteiger partial charge in [0.2, 0.25) is 10.0 Å². The van der Waals surface area contributed by atoms with Gasteiger partial charge in [-0.05, 0) is 24.6 Å². The van der Waals surface area contributed by atoms with E-state index in [1.54, 1.807) is 20.0 Å². The summed E-state index contributed by atoms with van der Waals surface area (Å²) < 4.78 is 25.2. The van der Waals surface area contributed by atoms with Crippen molar-refractivity contribution in [2.75, 3.05) is 32.9 Å².